The molecule has 1 N–H and O–H groups in total. The zero-order valence-electron chi connectivity index (χ0n) is 4.70. The Labute approximate surface area is 61.6 Å². The molecule has 1 fully saturated rings. The SMILES string of the molecule is O[C@@H]1C=C[C@@H](Br)[C@H]2O[C@H]21. The summed E-state index contributed by atoms with van der Waals surface area (Å²) >= 11 is 3.40. The van der Waals surface area contributed by atoms with E-state index < -0.39 is 0 Å². The van der Waals surface area contributed by atoms with Gasteiger partial charge in [0.1, 0.15) is 18.3 Å². The first-order valence-corrected chi connectivity index (χ1v) is 3.86. The van der Waals surface area contributed by atoms with E-state index in [-0.39, 0.29) is 18.3 Å². The molecule has 0 amide bonds. The Hall–Kier alpha value is 0.140. The number of aliphatic hydroxyl groups excluding tert-OH is 1. The fourth-order valence-electron chi connectivity index (χ4n) is 1.11. The third kappa shape index (κ3) is 0.838. The highest BCUT2D eigenvalue weighted by atomic mass is 79.9. The molecular weight excluding hydrogens is 184 g/mol. The van der Waals surface area contributed by atoms with Crippen LogP contribution in [0.15, 0.2) is 12.2 Å². The highest BCUT2D eigenvalue weighted by Gasteiger charge is 2.49. The van der Waals surface area contributed by atoms with E-state index in [1.54, 1.807) is 6.08 Å². The van der Waals surface area contributed by atoms with Crippen LogP contribution >= 0.6 is 15.9 Å². The predicted octanol–water partition coefficient (Wildman–Crippen LogP) is 0.448. The van der Waals surface area contributed by atoms with Gasteiger partial charge < -0.3 is 9.84 Å². The minimum absolute atomic E-state index is 0.0689. The van der Waals surface area contributed by atoms with Crippen molar-refractivity contribution in [3.63, 3.8) is 0 Å². The molecule has 0 saturated carbocycles. The summed E-state index contributed by atoms with van der Waals surface area (Å²) in [6.07, 6.45) is 3.63. The van der Waals surface area contributed by atoms with Crippen molar-refractivity contribution in [1.82, 2.24) is 0 Å². The quantitative estimate of drug-likeness (QED) is 0.342. The lowest BCUT2D eigenvalue weighted by atomic mass is 10.1. The average Bonchev–Trinajstić information content (AvgIpc) is 2.57. The van der Waals surface area contributed by atoms with Crippen LogP contribution in [0.3, 0.4) is 0 Å². The van der Waals surface area contributed by atoms with E-state index in [1.165, 1.54) is 0 Å². The minimum atomic E-state index is -0.371. The molecule has 2 aliphatic rings. The van der Waals surface area contributed by atoms with Crippen LogP contribution < -0.4 is 0 Å². The Kier molecular flexibility index (Phi) is 1.18. The first-order chi connectivity index (χ1) is 4.29. The van der Waals surface area contributed by atoms with Crippen molar-refractivity contribution < 1.29 is 9.84 Å². The standard InChI is InChI=1S/C6H7BrO2/c7-3-1-2-4(8)6-5(3)9-6/h1-6,8H/t3-,4-,5-,6+/m1/s1. The van der Waals surface area contributed by atoms with Crippen LogP contribution in [-0.4, -0.2) is 28.2 Å². The zero-order valence-corrected chi connectivity index (χ0v) is 6.28. The molecule has 1 heterocycles. The van der Waals surface area contributed by atoms with Crippen LogP contribution in [0.4, 0.5) is 0 Å². The minimum Gasteiger partial charge on any atom is -0.386 e. The molecule has 0 unspecified atom stereocenters. The monoisotopic (exact) mass is 190 g/mol. The van der Waals surface area contributed by atoms with Gasteiger partial charge >= 0.3 is 0 Å². The van der Waals surface area contributed by atoms with E-state index in [0.717, 1.165) is 0 Å². The van der Waals surface area contributed by atoms with Crippen LogP contribution in [0.2, 0.25) is 0 Å². The van der Waals surface area contributed by atoms with Crippen molar-refractivity contribution in [3.05, 3.63) is 12.2 Å². The number of hydrogen-bond donors (Lipinski definition) is 1. The Morgan fingerprint density at radius 3 is 2.78 bits per heavy atom. The number of halogens is 1. The molecule has 50 valence electrons. The zero-order chi connectivity index (χ0) is 6.43. The Morgan fingerprint density at radius 2 is 2.11 bits per heavy atom. The van der Waals surface area contributed by atoms with Crippen molar-refractivity contribution in [2.45, 2.75) is 23.1 Å². The average molecular weight is 191 g/mol. The maximum absolute atomic E-state index is 9.10. The summed E-state index contributed by atoms with van der Waals surface area (Å²) in [6, 6.07) is 0. The van der Waals surface area contributed by atoms with Gasteiger partial charge in [-0.15, -0.1) is 0 Å². The largest absolute Gasteiger partial charge is 0.386 e. The number of alkyl halides is 1. The molecule has 9 heavy (non-hydrogen) atoms. The van der Waals surface area contributed by atoms with Crippen molar-refractivity contribution in [2.24, 2.45) is 0 Å². The molecule has 3 heteroatoms. The number of ether oxygens (including phenoxy) is 1. The number of aliphatic hydroxyl groups is 1. The summed E-state index contributed by atoms with van der Waals surface area (Å²) < 4.78 is 5.14. The van der Waals surface area contributed by atoms with Gasteiger partial charge in [0.25, 0.3) is 0 Å². The second-order valence-electron chi connectivity index (χ2n) is 2.39. The van der Waals surface area contributed by atoms with Gasteiger partial charge in [0.2, 0.25) is 0 Å². The van der Waals surface area contributed by atoms with E-state index in [0.29, 0.717) is 4.83 Å². The molecule has 4 atom stereocenters. The highest BCUT2D eigenvalue weighted by molar-refractivity contribution is 9.09. The Balaban J connectivity index is 2.15. The smallest absolute Gasteiger partial charge is 0.115 e. The topological polar surface area (TPSA) is 32.8 Å². The molecule has 1 aliphatic carbocycles. The highest BCUT2D eigenvalue weighted by Crippen LogP contribution is 2.36. The lowest BCUT2D eigenvalue weighted by Crippen LogP contribution is -2.22. The summed E-state index contributed by atoms with van der Waals surface area (Å²) in [5.74, 6) is 0. The van der Waals surface area contributed by atoms with Crippen LogP contribution in [0.5, 0.6) is 0 Å². The van der Waals surface area contributed by atoms with Crippen molar-refractivity contribution in [2.75, 3.05) is 0 Å². The lowest BCUT2D eigenvalue weighted by Gasteiger charge is -2.07. The van der Waals surface area contributed by atoms with Crippen molar-refractivity contribution >= 4 is 15.9 Å². The Morgan fingerprint density at radius 1 is 1.33 bits per heavy atom. The normalized spacial score (nSPS) is 54.9. The molecular formula is C6H7BrO2. The molecule has 1 saturated heterocycles. The number of rotatable bonds is 0. The van der Waals surface area contributed by atoms with Gasteiger partial charge in [-0.1, -0.05) is 28.1 Å². The Bertz CT molecular complexity index is 141. The summed E-state index contributed by atoms with van der Waals surface area (Å²) in [4.78, 5) is 0.311. The molecule has 1 aliphatic heterocycles. The van der Waals surface area contributed by atoms with E-state index in [9.17, 15) is 0 Å². The number of hydrogen-bond acceptors (Lipinski definition) is 2. The third-order valence-electron chi connectivity index (χ3n) is 1.70. The maximum Gasteiger partial charge on any atom is 0.115 e. The van der Waals surface area contributed by atoms with Gasteiger partial charge in [0.05, 0.1) is 4.83 Å². The van der Waals surface area contributed by atoms with Gasteiger partial charge in [-0.2, -0.15) is 0 Å². The van der Waals surface area contributed by atoms with Crippen LogP contribution in [0.25, 0.3) is 0 Å². The first-order valence-electron chi connectivity index (χ1n) is 2.95. The van der Waals surface area contributed by atoms with E-state index in [4.69, 9.17) is 9.84 Å². The van der Waals surface area contributed by atoms with Crippen LogP contribution in [0.1, 0.15) is 0 Å². The molecule has 2 rings (SSSR count). The summed E-state index contributed by atoms with van der Waals surface area (Å²) in [6.45, 7) is 0. The number of epoxide rings is 1. The summed E-state index contributed by atoms with van der Waals surface area (Å²) in [5, 5.41) is 9.10. The van der Waals surface area contributed by atoms with Crippen LogP contribution in [0, 0.1) is 0 Å². The molecule has 2 nitrogen and oxygen atoms in total. The van der Waals surface area contributed by atoms with Gasteiger partial charge in [0.15, 0.2) is 0 Å². The third-order valence-corrected chi connectivity index (χ3v) is 2.53. The summed E-state index contributed by atoms with van der Waals surface area (Å²) in [7, 11) is 0. The summed E-state index contributed by atoms with van der Waals surface area (Å²) in [5.41, 5.74) is 0. The van der Waals surface area contributed by atoms with E-state index in [2.05, 4.69) is 15.9 Å². The molecule has 0 bridgehead atoms. The second-order valence-corrected chi connectivity index (χ2v) is 3.44. The van der Waals surface area contributed by atoms with Gasteiger partial charge in [-0.3, -0.25) is 0 Å². The second kappa shape index (κ2) is 1.81. The molecule has 0 aromatic heterocycles. The van der Waals surface area contributed by atoms with E-state index >= 15 is 0 Å². The van der Waals surface area contributed by atoms with Gasteiger partial charge in [0, 0.05) is 0 Å². The van der Waals surface area contributed by atoms with Crippen LogP contribution in [-0.2, 0) is 4.74 Å². The van der Waals surface area contributed by atoms with Crippen molar-refractivity contribution in [3.8, 4) is 0 Å². The van der Waals surface area contributed by atoms with Gasteiger partial charge in [-0.05, 0) is 0 Å². The molecule has 0 radical (unpaired) electrons. The fourth-order valence-corrected chi connectivity index (χ4v) is 1.71. The maximum atomic E-state index is 9.10. The van der Waals surface area contributed by atoms with E-state index in [1.807, 2.05) is 6.08 Å². The number of fused-ring (bicyclic) bond motifs is 1. The molecule has 0 aromatic carbocycles. The van der Waals surface area contributed by atoms with Gasteiger partial charge in [-0.25, -0.2) is 0 Å². The first kappa shape index (κ1) is 5.89. The predicted molar refractivity (Wildman–Crippen MR) is 36.5 cm³/mol. The molecule has 0 spiro atoms. The molecule has 0 aromatic rings. The fraction of sp³-hybridized carbons (Fsp3) is 0.667. The lowest BCUT2D eigenvalue weighted by molar-refractivity contribution is 0.178. The van der Waals surface area contributed by atoms with Crippen molar-refractivity contribution in [1.29, 1.82) is 0 Å².